The molecule has 0 radical (unpaired) electrons. The topological polar surface area (TPSA) is 55.8 Å². The summed E-state index contributed by atoms with van der Waals surface area (Å²) in [6.07, 6.45) is 0.332. The molecule has 1 aliphatic rings. The van der Waals surface area contributed by atoms with Crippen molar-refractivity contribution in [2.24, 2.45) is 0 Å². The number of nitrogens with zero attached hydrogens (tertiary/aromatic N) is 1. The van der Waals surface area contributed by atoms with Crippen molar-refractivity contribution < 1.29 is 19.1 Å². The maximum atomic E-state index is 12.0. The number of ether oxygens (including phenoxy) is 2. The zero-order valence-corrected chi connectivity index (χ0v) is 12.6. The Morgan fingerprint density at radius 1 is 1.26 bits per heavy atom. The molecule has 1 aliphatic heterocycles. The van der Waals surface area contributed by atoms with Gasteiger partial charge in [0.15, 0.2) is 0 Å². The van der Waals surface area contributed by atoms with Crippen LogP contribution in [0.1, 0.15) is 47.5 Å². The van der Waals surface area contributed by atoms with E-state index in [1.54, 1.807) is 4.90 Å². The second kappa shape index (κ2) is 5.90. The van der Waals surface area contributed by atoms with Gasteiger partial charge in [0.25, 0.3) is 0 Å². The van der Waals surface area contributed by atoms with Crippen LogP contribution in [0.3, 0.4) is 0 Å². The number of esters is 1. The average Bonchev–Trinajstić information content (AvgIpc) is 2.22. The van der Waals surface area contributed by atoms with Crippen molar-refractivity contribution in [3.05, 3.63) is 0 Å². The molecule has 0 atom stereocenters. The molecule has 1 heterocycles. The fourth-order valence-electron chi connectivity index (χ4n) is 1.99. The van der Waals surface area contributed by atoms with Gasteiger partial charge in [-0.15, -0.1) is 0 Å². The highest BCUT2D eigenvalue weighted by Crippen LogP contribution is 2.17. The summed E-state index contributed by atoms with van der Waals surface area (Å²) in [5.41, 5.74) is -0.805. The molecule has 0 saturated carbocycles. The maximum absolute atomic E-state index is 12.0. The highest BCUT2D eigenvalue weighted by molar-refractivity contribution is 5.81. The van der Waals surface area contributed by atoms with E-state index in [2.05, 4.69) is 0 Å². The molecule has 110 valence electrons. The molecular formula is C14H25NO4. The van der Waals surface area contributed by atoms with Gasteiger partial charge in [0.2, 0.25) is 5.91 Å². The molecule has 19 heavy (non-hydrogen) atoms. The third-order valence-electron chi connectivity index (χ3n) is 2.74. The molecule has 0 bridgehead atoms. The van der Waals surface area contributed by atoms with E-state index in [0.29, 0.717) is 19.7 Å². The minimum absolute atomic E-state index is 0.0118. The standard InChI is InChI=1S/C14H25NO4/c1-13(2,3)19-12(17)7-6-11(16)15-8-9-18-14(4,5)10-15/h6-10H2,1-5H3. The van der Waals surface area contributed by atoms with E-state index in [1.165, 1.54) is 0 Å². The highest BCUT2D eigenvalue weighted by Gasteiger charge is 2.30. The first-order valence-electron chi connectivity index (χ1n) is 6.73. The molecule has 1 fully saturated rings. The van der Waals surface area contributed by atoms with Crippen LogP contribution in [0.5, 0.6) is 0 Å². The molecule has 0 unspecified atom stereocenters. The second-order valence-electron chi connectivity index (χ2n) is 6.51. The molecule has 0 N–H and O–H groups in total. The summed E-state index contributed by atoms with van der Waals surface area (Å²) in [6, 6.07) is 0. The van der Waals surface area contributed by atoms with Gasteiger partial charge in [0.05, 0.1) is 18.6 Å². The number of carbonyl (C=O) groups excluding carboxylic acids is 2. The minimum atomic E-state index is -0.499. The van der Waals surface area contributed by atoms with E-state index >= 15 is 0 Å². The Morgan fingerprint density at radius 3 is 2.42 bits per heavy atom. The van der Waals surface area contributed by atoms with Gasteiger partial charge in [-0.25, -0.2) is 0 Å². The monoisotopic (exact) mass is 271 g/mol. The number of rotatable bonds is 3. The van der Waals surface area contributed by atoms with Crippen LogP contribution in [0.2, 0.25) is 0 Å². The van der Waals surface area contributed by atoms with E-state index in [-0.39, 0.29) is 30.3 Å². The smallest absolute Gasteiger partial charge is 0.306 e. The fourth-order valence-corrected chi connectivity index (χ4v) is 1.99. The predicted octanol–water partition coefficient (Wildman–Crippen LogP) is 1.75. The van der Waals surface area contributed by atoms with Crippen LogP contribution in [-0.4, -0.2) is 47.7 Å². The van der Waals surface area contributed by atoms with Gasteiger partial charge in [-0.05, 0) is 34.6 Å². The maximum Gasteiger partial charge on any atom is 0.306 e. The van der Waals surface area contributed by atoms with Gasteiger partial charge in [-0.3, -0.25) is 9.59 Å². The second-order valence-corrected chi connectivity index (χ2v) is 6.51. The van der Waals surface area contributed by atoms with Crippen molar-refractivity contribution in [3.63, 3.8) is 0 Å². The molecule has 0 aliphatic carbocycles. The molecule has 5 nitrogen and oxygen atoms in total. The minimum Gasteiger partial charge on any atom is -0.460 e. The van der Waals surface area contributed by atoms with E-state index in [9.17, 15) is 9.59 Å². The Morgan fingerprint density at radius 2 is 1.89 bits per heavy atom. The number of hydrogen-bond acceptors (Lipinski definition) is 4. The van der Waals surface area contributed by atoms with Gasteiger partial charge >= 0.3 is 5.97 Å². The first kappa shape index (κ1) is 16.0. The summed E-state index contributed by atoms with van der Waals surface area (Å²) >= 11 is 0. The van der Waals surface area contributed by atoms with Crippen LogP contribution >= 0.6 is 0 Å². The van der Waals surface area contributed by atoms with Crippen LogP contribution in [-0.2, 0) is 19.1 Å². The first-order valence-corrected chi connectivity index (χ1v) is 6.73. The van der Waals surface area contributed by atoms with Gasteiger partial charge in [-0.2, -0.15) is 0 Å². The van der Waals surface area contributed by atoms with Crippen molar-refractivity contribution >= 4 is 11.9 Å². The Hall–Kier alpha value is -1.10. The third-order valence-corrected chi connectivity index (χ3v) is 2.74. The molecule has 0 aromatic carbocycles. The van der Waals surface area contributed by atoms with Crippen molar-refractivity contribution in [2.45, 2.75) is 58.7 Å². The Bertz CT molecular complexity index is 344. The Balaban J connectivity index is 2.37. The summed E-state index contributed by atoms with van der Waals surface area (Å²) < 4.78 is 10.7. The lowest BCUT2D eigenvalue weighted by molar-refractivity contribution is -0.157. The average molecular weight is 271 g/mol. The zero-order valence-electron chi connectivity index (χ0n) is 12.6. The normalized spacial score (nSPS) is 19.1. The predicted molar refractivity (Wildman–Crippen MR) is 71.7 cm³/mol. The van der Waals surface area contributed by atoms with Crippen molar-refractivity contribution in [1.82, 2.24) is 4.90 Å². The van der Waals surface area contributed by atoms with Crippen LogP contribution < -0.4 is 0 Å². The molecule has 5 heteroatoms. The van der Waals surface area contributed by atoms with Crippen molar-refractivity contribution in [3.8, 4) is 0 Å². The fraction of sp³-hybridized carbons (Fsp3) is 0.857. The lowest BCUT2D eigenvalue weighted by Crippen LogP contribution is -2.50. The summed E-state index contributed by atoms with van der Waals surface area (Å²) in [4.78, 5) is 25.3. The number of hydrogen-bond donors (Lipinski definition) is 0. The molecule has 1 saturated heterocycles. The van der Waals surface area contributed by atoms with Gasteiger partial charge in [-0.1, -0.05) is 0 Å². The van der Waals surface area contributed by atoms with Crippen molar-refractivity contribution in [1.29, 1.82) is 0 Å². The lowest BCUT2D eigenvalue weighted by atomic mass is 10.1. The summed E-state index contributed by atoms with van der Waals surface area (Å²) in [7, 11) is 0. The highest BCUT2D eigenvalue weighted by atomic mass is 16.6. The van der Waals surface area contributed by atoms with E-state index in [1.807, 2.05) is 34.6 Å². The van der Waals surface area contributed by atoms with Crippen LogP contribution in [0, 0.1) is 0 Å². The summed E-state index contributed by atoms with van der Waals surface area (Å²) in [5.74, 6) is -0.337. The molecule has 0 aromatic rings. The Labute approximate surface area is 115 Å². The molecule has 0 aromatic heterocycles. The number of morpholine rings is 1. The van der Waals surface area contributed by atoms with Gasteiger partial charge in [0, 0.05) is 19.5 Å². The summed E-state index contributed by atoms with van der Waals surface area (Å²) in [6.45, 7) is 11.1. The molecule has 1 rings (SSSR count). The third kappa shape index (κ3) is 6.05. The number of carbonyl (C=O) groups is 2. The SMILES string of the molecule is CC(C)(C)OC(=O)CCC(=O)N1CCOC(C)(C)C1. The van der Waals surface area contributed by atoms with E-state index < -0.39 is 5.60 Å². The zero-order chi connectivity index (χ0) is 14.7. The molecular weight excluding hydrogens is 246 g/mol. The van der Waals surface area contributed by atoms with Crippen LogP contribution in [0.15, 0.2) is 0 Å². The van der Waals surface area contributed by atoms with E-state index in [4.69, 9.17) is 9.47 Å². The van der Waals surface area contributed by atoms with E-state index in [0.717, 1.165) is 0 Å². The summed E-state index contributed by atoms with van der Waals surface area (Å²) in [5, 5.41) is 0. The largest absolute Gasteiger partial charge is 0.460 e. The molecule has 0 spiro atoms. The molecule has 1 amide bonds. The number of amides is 1. The first-order chi connectivity index (χ1) is 8.59. The lowest BCUT2D eigenvalue weighted by Gasteiger charge is -2.38. The van der Waals surface area contributed by atoms with Gasteiger partial charge < -0.3 is 14.4 Å². The Kier molecular flexibility index (Phi) is 4.96. The van der Waals surface area contributed by atoms with Crippen molar-refractivity contribution in [2.75, 3.05) is 19.7 Å². The van der Waals surface area contributed by atoms with Crippen LogP contribution in [0.4, 0.5) is 0 Å². The quantitative estimate of drug-likeness (QED) is 0.734. The van der Waals surface area contributed by atoms with Crippen LogP contribution in [0.25, 0.3) is 0 Å². The van der Waals surface area contributed by atoms with Gasteiger partial charge in [0.1, 0.15) is 5.60 Å².